The Morgan fingerprint density at radius 3 is 2.52 bits per heavy atom. The highest BCUT2D eigenvalue weighted by atomic mass is 32.2. The minimum Gasteiger partial charge on any atom is -0.352 e. The van der Waals surface area contributed by atoms with Gasteiger partial charge >= 0.3 is 0 Å². The van der Waals surface area contributed by atoms with Crippen molar-refractivity contribution in [3.05, 3.63) is 40.4 Å². The molecule has 0 aliphatic heterocycles. The van der Waals surface area contributed by atoms with E-state index in [1.54, 1.807) is 23.7 Å². The number of carbonyl (C=O) groups excluding carboxylic acids is 1. The highest BCUT2D eigenvalue weighted by Crippen LogP contribution is 2.26. The molecule has 0 radical (unpaired) electrons. The van der Waals surface area contributed by atoms with Crippen molar-refractivity contribution in [1.29, 1.82) is 0 Å². The van der Waals surface area contributed by atoms with Crippen LogP contribution in [0.15, 0.2) is 29.2 Å². The van der Waals surface area contributed by atoms with Crippen LogP contribution in [0.4, 0.5) is 0 Å². The van der Waals surface area contributed by atoms with Crippen molar-refractivity contribution in [2.24, 2.45) is 7.05 Å². The zero-order valence-electron chi connectivity index (χ0n) is 16.7. The quantitative estimate of drug-likeness (QED) is 0.648. The summed E-state index contributed by atoms with van der Waals surface area (Å²) in [7, 11) is -0.0992. The minimum absolute atomic E-state index is 0.0516. The van der Waals surface area contributed by atoms with E-state index < -0.39 is 10.0 Å². The van der Waals surface area contributed by atoms with Crippen LogP contribution in [0, 0.1) is 4.77 Å². The van der Waals surface area contributed by atoms with Crippen molar-refractivity contribution in [1.82, 2.24) is 24.4 Å². The number of amides is 1. The highest BCUT2D eigenvalue weighted by molar-refractivity contribution is 7.89. The minimum atomic E-state index is -3.56. The third-order valence-electron chi connectivity index (χ3n) is 5.49. The first-order valence-corrected chi connectivity index (χ1v) is 11.6. The van der Waals surface area contributed by atoms with Crippen LogP contribution in [0.2, 0.25) is 0 Å². The van der Waals surface area contributed by atoms with Gasteiger partial charge < -0.3 is 9.88 Å². The summed E-state index contributed by atoms with van der Waals surface area (Å²) in [6.07, 6.45) is 5.63. The fourth-order valence-corrected chi connectivity index (χ4v) is 5.15. The summed E-state index contributed by atoms with van der Waals surface area (Å²) >= 11 is 5.06. The maximum atomic E-state index is 12.9. The molecule has 158 valence electrons. The van der Waals surface area contributed by atoms with Gasteiger partial charge in [0.1, 0.15) is 5.82 Å². The van der Waals surface area contributed by atoms with E-state index in [1.165, 1.54) is 22.9 Å². The van der Waals surface area contributed by atoms with Crippen molar-refractivity contribution in [2.45, 2.75) is 49.5 Å². The zero-order chi connectivity index (χ0) is 21.0. The van der Waals surface area contributed by atoms with Gasteiger partial charge in [0.2, 0.25) is 10.0 Å². The summed E-state index contributed by atoms with van der Waals surface area (Å²) in [6.45, 7) is 0.400. The second kappa shape index (κ2) is 9.19. The molecule has 1 saturated carbocycles. The SMILES string of the molecule is CN(C1CCCCC1)S(=O)(=O)c1ccc(C(=O)NCCc2n[nH]c(=S)n2C)cc1. The van der Waals surface area contributed by atoms with Gasteiger partial charge in [0.05, 0.1) is 4.90 Å². The molecule has 2 aromatic rings. The van der Waals surface area contributed by atoms with Crippen LogP contribution in [-0.2, 0) is 23.5 Å². The van der Waals surface area contributed by atoms with Crippen LogP contribution in [-0.4, -0.2) is 53.0 Å². The van der Waals surface area contributed by atoms with Crippen molar-refractivity contribution in [3.8, 4) is 0 Å². The molecule has 0 atom stereocenters. The lowest BCUT2D eigenvalue weighted by Crippen LogP contribution is -2.38. The zero-order valence-corrected chi connectivity index (χ0v) is 18.4. The molecule has 1 aliphatic carbocycles. The largest absolute Gasteiger partial charge is 0.352 e. The number of aromatic amines is 1. The second-order valence-electron chi connectivity index (χ2n) is 7.35. The Bertz CT molecular complexity index is 1010. The fraction of sp³-hybridized carbons (Fsp3) is 0.526. The molecule has 10 heteroatoms. The molecule has 1 aromatic heterocycles. The fourth-order valence-electron chi connectivity index (χ4n) is 3.58. The topological polar surface area (TPSA) is 100 Å². The monoisotopic (exact) mass is 437 g/mol. The third kappa shape index (κ3) is 4.93. The van der Waals surface area contributed by atoms with E-state index in [4.69, 9.17) is 12.2 Å². The number of hydrogen-bond donors (Lipinski definition) is 2. The normalized spacial score (nSPS) is 15.6. The number of nitrogens with one attached hydrogen (secondary N) is 2. The average Bonchev–Trinajstić information content (AvgIpc) is 3.06. The van der Waals surface area contributed by atoms with Crippen LogP contribution >= 0.6 is 12.2 Å². The number of rotatable bonds is 7. The molecule has 1 heterocycles. The Kier molecular flexibility index (Phi) is 6.86. The molecule has 29 heavy (non-hydrogen) atoms. The number of carbonyl (C=O) groups is 1. The van der Waals surface area contributed by atoms with Gasteiger partial charge in [-0.15, -0.1) is 0 Å². The standard InChI is InChI=1S/C19H27N5O3S2/c1-23-17(21-22-19(23)28)12-13-20-18(25)14-8-10-16(11-9-14)29(26,27)24(2)15-6-4-3-5-7-15/h8-11,15H,3-7,12-13H2,1-2H3,(H,20,25)(H,22,28). The average molecular weight is 438 g/mol. The molecule has 0 bridgehead atoms. The second-order valence-corrected chi connectivity index (χ2v) is 9.73. The summed E-state index contributed by atoms with van der Waals surface area (Å²) < 4.78 is 29.5. The highest BCUT2D eigenvalue weighted by Gasteiger charge is 2.29. The summed E-state index contributed by atoms with van der Waals surface area (Å²) in [5, 5.41) is 9.62. The van der Waals surface area contributed by atoms with Gasteiger partial charge in [-0.2, -0.15) is 9.40 Å². The molecule has 1 aromatic carbocycles. The molecule has 2 N–H and O–H groups in total. The van der Waals surface area contributed by atoms with Gasteiger partial charge in [-0.25, -0.2) is 8.42 Å². The molecule has 3 rings (SSSR count). The molecule has 8 nitrogen and oxygen atoms in total. The number of hydrogen-bond acceptors (Lipinski definition) is 5. The number of nitrogens with zero attached hydrogens (tertiary/aromatic N) is 3. The van der Waals surface area contributed by atoms with Crippen molar-refractivity contribution >= 4 is 28.1 Å². The van der Waals surface area contributed by atoms with E-state index in [2.05, 4.69) is 15.5 Å². The van der Waals surface area contributed by atoms with Crippen LogP contribution in [0.25, 0.3) is 0 Å². The lowest BCUT2D eigenvalue weighted by Gasteiger charge is -2.30. The lowest BCUT2D eigenvalue weighted by atomic mass is 9.96. The van der Waals surface area contributed by atoms with E-state index in [0.29, 0.717) is 23.3 Å². The first-order chi connectivity index (χ1) is 13.8. The van der Waals surface area contributed by atoms with Crippen molar-refractivity contribution < 1.29 is 13.2 Å². The molecule has 1 aliphatic rings. The molecule has 0 unspecified atom stereocenters. The number of sulfonamides is 1. The van der Waals surface area contributed by atoms with Gasteiger partial charge in [0, 0.05) is 38.7 Å². The molecular formula is C19H27N5O3S2. The maximum absolute atomic E-state index is 12.9. The maximum Gasteiger partial charge on any atom is 0.251 e. The first-order valence-electron chi connectivity index (χ1n) is 9.77. The Hall–Kier alpha value is -2.04. The van der Waals surface area contributed by atoms with E-state index in [9.17, 15) is 13.2 Å². The van der Waals surface area contributed by atoms with E-state index in [-0.39, 0.29) is 16.8 Å². The Morgan fingerprint density at radius 1 is 1.28 bits per heavy atom. The summed E-state index contributed by atoms with van der Waals surface area (Å²) in [5.74, 6) is 0.494. The van der Waals surface area contributed by atoms with E-state index in [1.807, 2.05) is 7.05 Å². The lowest BCUT2D eigenvalue weighted by molar-refractivity contribution is 0.0953. The van der Waals surface area contributed by atoms with Gasteiger partial charge in [0.25, 0.3) is 5.91 Å². The van der Waals surface area contributed by atoms with Crippen molar-refractivity contribution in [3.63, 3.8) is 0 Å². The van der Waals surface area contributed by atoms with Crippen LogP contribution in [0.1, 0.15) is 48.3 Å². The first kappa shape index (κ1) is 21.7. The predicted octanol–water partition coefficient (Wildman–Crippen LogP) is 2.40. The third-order valence-corrected chi connectivity index (χ3v) is 7.78. The van der Waals surface area contributed by atoms with Crippen LogP contribution in [0.3, 0.4) is 0 Å². The van der Waals surface area contributed by atoms with Gasteiger partial charge in [0.15, 0.2) is 4.77 Å². The van der Waals surface area contributed by atoms with Crippen LogP contribution < -0.4 is 5.32 Å². The molecule has 0 saturated heterocycles. The van der Waals surface area contributed by atoms with Gasteiger partial charge in [-0.05, 0) is 49.3 Å². The van der Waals surface area contributed by atoms with Crippen molar-refractivity contribution in [2.75, 3.05) is 13.6 Å². The number of benzene rings is 1. The van der Waals surface area contributed by atoms with E-state index >= 15 is 0 Å². The number of H-pyrrole nitrogens is 1. The Labute approximate surface area is 176 Å². The molecule has 0 spiro atoms. The van der Waals surface area contributed by atoms with Crippen LogP contribution in [0.5, 0.6) is 0 Å². The summed E-state index contributed by atoms with van der Waals surface area (Å²) in [4.78, 5) is 12.6. The van der Waals surface area contributed by atoms with Gasteiger partial charge in [-0.1, -0.05) is 19.3 Å². The van der Waals surface area contributed by atoms with Gasteiger partial charge in [-0.3, -0.25) is 9.89 Å². The molecular weight excluding hydrogens is 410 g/mol. The number of aromatic nitrogens is 3. The van der Waals surface area contributed by atoms with E-state index in [0.717, 1.165) is 31.5 Å². The molecule has 1 amide bonds. The smallest absolute Gasteiger partial charge is 0.251 e. The summed E-state index contributed by atoms with van der Waals surface area (Å²) in [5.41, 5.74) is 0.416. The molecule has 1 fully saturated rings. The Balaban J connectivity index is 1.60. The predicted molar refractivity (Wildman–Crippen MR) is 113 cm³/mol. The Morgan fingerprint density at radius 2 is 1.93 bits per heavy atom. The summed E-state index contributed by atoms with van der Waals surface area (Å²) in [6, 6.07) is 6.15.